The van der Waals surface area contributed by atoms with Crippen LogP contribution in [0.15, 0.2) is 18.2 Å². The van der Waals surface area contributed by atoms with Crippen molar-refractivity contribution in [2.45, 2.75) is 39.2 Å². The van der Waals surface area contributed by atoms with E-state index in [0.717, 1.165) is 19.3 Å². The van der Waals surface area contributed by atoms with E-state index in [4.69, 9.17) is 5.73 Å². The number of hydrogen-bond donors (Lipinski definition) is 2. The zero-order chi connectivity index (χ0) is 12.8. The Hall–Kier alpha value is -1.58. The number of amides is 1. The zero-order valence-corrected chi connectivity index (χ0v) is 10.3. The molecule has 1 amide bonds. The van der Waals surface area contributed by atoms with Crippen LogP contribution in [0.4, 0.5) is 10.1 Å². The maximum atomic E-state index is 13.2. The fourth-order valence-corrected chi connectivity index (χ4v) is 1.72. The molecular formula is C13H19FN2O. The summed E-state index contributed by atoms with van der Waals surface area (Å²) in [7, 11) is 0. The largest absolute Gasteiger partial charge is 0.396 e. The third-order valence-electron chi connectivity index (χ3n) is 2.76. The van der Waals surface area contributed by atoms with Crippen LogP contribution in [0.2, 0.25) is 0 Å². The highest BCUT2D eigenvalue weighted by molar-refractivity contribution is 5.99. The number of anilines is 1. The molecule has 0 aliphatic carbocycles. The topological polar surface area (TPSA) is 55.1 Å². The van der Waals surface area contributed by atoms with Crippen LogP contribution in [0.3, 0.4) is 0 Å². The van der Waals surface area contributed by atoms with Crippen LogP contribution in [-0.4, -0.2) is 11.9 Å². The fraction of sp³-hybridized carbons (Fsp3) is 0.462. The minimum atomic E-state index is -0.554. The lowest BCUT2D eigenvalue weighted by Crippen LogP contribution is -2.34. The molecule has 3 N–H and O–H groups in total. The van der Waals surface area contributed by atoms with Crippen molar-refractivity contribution in [3.8, 4) is 0 Å². The molecule has 1 aromatic rings. The van der Waals surface area contributed by atoms with E-state index < -0.39 is 5.82 Å². The average Bonchev–Trinajstić information content (AvgIpc) is 2.31. The first-order valence-electron chi connectivity index (χ1n) is 5.95. The molecule has 4 heteroatoms. The quantitative estimate of drug-likeness (QED) is 0.775. The number of carbonyl (C=O) groups is 1. The van der Waals surface area contributed by atoms with E-state index in [1.54, 1.807) is 0 Å². The Bertz CT molecular complexity index is 393. The van der Waals surface area contributed by atoms with E-state index >= 15 is 0 Å². The molecule has 0 aliphatic heterocycles. The number of hydrogen-bond acceptors (Lipinski definition) is 2. The van der Waals surface area contributed by atoms with Gasteiger partial charge in [0.2, 0.25) is 0 Å². The fourth-order valence-electron chi connectivity index (χ4n) is 1.72. The van der Waals surface area contributed by atoms with E-state index in [-0.39, 0.29) is 23.2 Å². The number of halogens is 1. The summed E-state index contributed by atoms with van der Waals surface area (Å²) in [5, 5.41) is 2.87. The smallest absolute Gasteiger partial charge is 0.253 e. The van der Waals surface area contributed by atoms with Gasteiger partial charge in [-0.3, -0.25) is 4.79 Å². The van der Waals surface area contributed by atoms with Crippen molar-refractivity contribution in [3.63, 3.8) is 0 Å². The number of para-hydroxylation sites is 1. The molecule has 0 spiro atoms. The van der Waals surface area contributed by atoms with Crippen molar-refractivity contribution in [2.24, 2.45) is 0 Å². The molecule has 1 atom stereocenters. The molecule has 94 valence electrons. The Kier molecular flexibility index (Phi) is 4.94. The molecule has 0 bridgehead atoms. The van der Waals surface area contributed by atoms with E-state index in [1.807, 2.05) is 6.92 Å². The average molecular weight is 238 g/mol. The molecular weight excluding hydrogens is 219 g/mol. The van der Waals surface area contributed by atoms with Crippen molar-refractivity contribution in [1.82, 2.24) is 5.32 Å². The van der Waals surface area contributed by atoms with E-state index in [1.165, 1.54) is 18.2 Å². The first-order valence-corrected chi connectivity index (χ1v) is 5.95. The first-order chi connectivity index (χ1) is 8.10. The van der Waals surface area contributed by atoms with Crippen molar-refractivity contribution >= 4 is 11.6 Å². The van der Waals surface area contributed by atoms with E-state index in [0.29, 0.717) is 0 Å². The van der Waals surface area contributed by atoms with Crippen molar-refractivity contribution < 1.29 is 9.18 Å². The van der Waals surface area contributed by atoms with Gasteiger partial charge in [0.25, 0.3) is 5.91 Å². The van der Waals surface area contributed by atoms with E-state index in [9.17, 15) is 9.18 Å². The molecule has 1 aromatic carbocycles. The van der Waals surface area contributed by atoms with Gasteiger partial charge in [-0.25, -0.2) is 4.39 Å². The first kappa shape index (κ1) is 13.5. The van der Waals surface area contributed by atoms with Crippen LogP contribution < -0.4 is 11.1 Å². The van der Waals surface area contributed by atoms with Crippen LogP contribution in [0, 0.1) is 5.82 Å². The minimum Gasteiger partial charge on any atom is -0.396 e. The molecule has 0 aliphatic rings. The van der Waals surface area contributed by atoms with Gasteiger partial charge >= 0.3 is 0 Å². The Morgan fingerprint density at radius 1 is 1.47 bits per heavy atom. The molecule has 0 fully saturated rings. The van der Waals surface area contributed by atoms with Gasteiger partial charge in [0.15, 0.2) is 0 Å². The molecule has 0 radical (unpaired) electrons. The van der Waals surface area contributed by atoms with E-state index in [2.05, 4.69) is 12.2 Å². The molecule has 1 rings (SSSR count). The second-order valence-electron chi connectivity index (χ2n) is 4.07. The van der Waals surface area contributed by atoms with Gasteiger partial charge in [-0.2, -0.15) is 0 Å². The van der Waals surface area contributed by atoms with Gasteiger partial charge < -0.3 is 11.1 Å². The van der Waals surface area contributed by atoms with Gasteiger partial charge in [-0.05, 0) is 25.0 Å². The highest BCUT2D eigenvalue weighted by atomic mass is 19.1. The SMILES string of the molecule is CCCC(CC)NC(=O)c1cccc(F)c1N. The maximum Gasteiger partial charge on any atom is 0.253 e. The van der Waals surface area contributed by atoms with Crippen LogP contribution in [-0.2, 0) is 0 Å². The Morgan fingerprint density at radius 2 is 2.18 bits per heavy atom. The van der Waals surface area contributed by atoms with Gasteiger partial charge in [0, 0.05) is 6.04 Å². The summed E-state index contributed by atoms with van der Waals surface area (Å²) >= 11 is 0. The molecule has 0 saturated carbocycles. The molecule has 17 heavy (non-hydrogen) atoms. The lowest BCUT2D eigenvalue weighted by molar-refractivity contribution is 0.0934. The van der Waals surface area contributed by atoms with Crippen LogP contribution in [0.5, 0.6) is 0 Å². The zero-order valence-electron chi connectivity index (χ0n) is 10.3. The summed E-state index contributed by atoms with van der Waals surface area (Å²) in [6.07, 6.45) is 2.77. The lowest BCUT2D eigenvalue weighted by Gasteiger charge is -2.16. The number of nitrogens with one attached hydrogen (secondary N) is 1. The van der Waals surface area contributed by atoms with Crippen LogP contribution in [0.25, 0.3) is 0 Å². The Labute approximate surface area is 101 Å². The van der Waals surface area contributed by atoms with Crippen molar-refractivity contribution in [1.29, 1.82) is 0 Å². The summed E-state index contributed by atoms with van der Waals surface area (Å²) in [5.74, 6) is -0.858. The third-order valence-corrected chi connectivity index (χ3v) is 2.76. The predicted octanol–water partition coefficient (Wildman–Crippen LogP) is 2.72. The van der Waals surface area contributed by atoms with Crippen molar-refractivity contribution in [3.05, 3.63) is 29.6 Å². The lowest BCUT2D eigenvalue weighted by atomic mass is 10.1. The molecule has 1 unspecified atom stereocenters. The number of nitrogen functional groups attached to an aromatic ring is 1. The van der Waals surface area contributed by atoms with Gasteiger partial charge in [-0.15, -0.1) is 0 Å². The molecule has 0 heterocycles. The molecule has 0 aromatic heterocycles. The highest BCUT2D eigenvalue weighted by Gasteiger charge is 2.15. The minimum absolute atomic E-state index is 0.0867. The second kappa shape index (κ2) is 6.23. The normalized spacial score (nSPS) is 12.2. The third kappa shape index (κ3) is 3.44. The predicted molar refractivity (Wildman–Crippen MR) is 67.3 cm³/mol. The van der Waals surface area contributed by atoms with Crippen LogP contribution >= 0.6 is 0 Å². The Balaban J connectivity index is 2.79. The maximum absolute atomic E-state index is 13.2. The number of benzene rings is 1. The summed E-state index contributed by atoms with van der Waals surface area (Å²) in [6, 6.07) is 4.39. The summed E-state index contributed by atoms with van der Waals surface area (Å²) in [5.41, 5.74) is 5.66. The van der Waals surface area contributed by atoms with Gasteiger partial charge in [0.05, 0.1) is 11.3 Å². The summed E-state index contributed by atoms with van der Waals surface area (Å²) in [4.78, 5) is 11.9. The summed E-state index contributed by atoms with van der Waals surface area (Å²) in [6.45, 7) is 4.07. The number of rotatable bonds is 5. The van der Waals surface area contributed by atoms with Crippen molar-refractivity contribution in [2.75, 3.05) is 5.73 Å². The van der Waals surface area contributed by atoms with Crippen LogP contribution in [0.1, 0.15) is 43.5 Å². The van der Waals surface area contributed by atoms with Gasteiger partial charge in [-0.1, -0.05) is 26.3 Å². The number of nitrogens with two attached hydrogens (primary N) is 1. The number of carbonyl (C=O) groups excluding carboxylic acids is 1. The monoisotopic (exact) mass is 238 g/mol. The standard InChI is InChI=1S/C13H19FN2O/c1-3-6-9(4-2)16-13(17)10-7-5-8-11(14)12(10)15/h5,7-9H,3-4,6,15H2,1-2H3,(H,16,17). The van der Waals surface area contributed by atoms with Gasteiger partial charge in [0.1, 0.15) is 5.82 Å². The molecule has 3 nitrogen and oxygen atoms in total. The molecule has 0 saturated heterocycles. The Morgan fingerprint density at radius 3 is 2.76 bits per heavy atom. The second-order valence-corrected chi connectivity index (χ2v) is 4.07. The summed E-state index contributed by atoms with van der Waals surface area (Å²) < 4.78 is 13.2. The highest BCUT2D eigenvalue weighted by Crippen LogP contribution is 2.16.